The third-order valence-electron chi connectivity index (χ3n) is 3.89. The topological polar surface area (TPSA) is 63.4 Å². The van der Waals surface area contributed by atoms with E-state index >= 15 is 0 Å². The van der Waals surface area contributed by atoms with E-state index in [1.165, 1.54) is 21.6 Å². The highest BCUT2D eigenvalue weighted by atomic mass is 32.2. The number of aromatic nitrogens is 1. The van der Waals surface area contributed by atoms with E-state index < -0.39 is 10.0 Å². The van der Waals surface area contributed by atoms with Gasteiger partial charge in [0, 0.05) is 18.8 Å². The second-order valence-electron chi connectivity index (χ2n) is 5.47. The van der Waals surface area contributed by atoms with Crippen LogP contribution in [0.5, 0.6) is 0 Å². The van der Waals surface area contributed by atoms with E-state index in [1.807, 2.05) is 44.2 Å². The zero-order valence-electron chi connectivity index (χ0n) is 14.2. The fourth-order valence-corrected chi connectivity index (χ4v) is 4.81. The molecule has 0 amide bonds. The van der Waals surface area contributed by atoms with Crippen molar-refractivity contribution in [2.45, 2.75) is 29.7 Å². The van der Waals surface area contributed by atoms with Gasteiger partial charge in [0.2, 0.25) is 10.0 Å². The maximum absolute atomic E-state index is 12.6. The Kier molecular flexibility index (Phi) is 5.46. The van der Waals surface area contributed by atoms with Gasteiger partial charge in [-0.05, 0) is 23.8 Å². The van der Waals surface area contributed by atoms with Crippen molar-refractivity contribution in [3.05, 3.63) is 54.1 Å². The largest absolute Gasteiger partial charge is 0.431 e. The molecule has 0 saturated heterocycles. The molecule has 2 aromatic carbocycles. The Morgan fingerprint density at radius 3 is 2.48 bits per heavy atom. The van der Waals surface area contributed by atoms with Crippen LogP contribution in [-0.2, 0) is 15.8 Å². The Morgan fingerprint density at radius 2 is 1.80 bits per heavy atom. The van der Waals surface area contributed by atoms with Crippen LogP contribution in [-0.4, -0.2) is 30.8 Å². The van der Waals surface area contributed by atoms with Crippen molar-refractivity contribution in [2.24, 2.45) is 0 Å². The Balaban J connectivity index is 1.84. The molecule has 5 nitrogen and oxygen atoms in total. The molecule has 132 valence electrons. The molecular weight excluding hydrogens is 356 g/mol. The summed E-state index contributed by atoms with van der Waals surface area (Å²) in [6.07, 6.45) is 0. The van der Waals surface area contributed by atoms with E-state index in [4.69, 9.17) is 4.42 Å². The van der Waals surface area contributed by atoms with E-state index in [2.05, 4.69) is 4.98 Å². The van der Waals surface area contributed by atoms with Crippen LogP contribution < -0.4 is 0 Å². The molecule has 1 heterocycles. The summed E-state index contributed by atoms with van der Waals surface area (Å²) in [5.41, 5.74) is 2.33. The predicted molar refractivity (Wildman–Crippen MR) is 100 cm³/mol. The summed E-state index contributed by atoms with van der Waals surface area (Å²) >= 11 is 1.49. The van der Waals surface area contributed by atoms with Gasteiger partial charge in [-0.15, -0.1) is 0 Å². The number of nitrogens with zero attached hydrogens (tertiary/aromatic N) is 2. The Morgan fingerprint density at radius 1 is 1.08 bits per heavy atom. The first-order valence-corrected chi connectivity index (χ1v) is 10.5. The molecule has 0 aliphatic heterocycles. The maximum Gasteiger partial charge on any atom is 0.257 e. The van der Waals surface area contributed by atoms with Crippen LogP contribution in [0.15, 0.2) is 63.1 Å². The average molecular weight is 377 g/mol. The van der Waals surface area contributed by atoms with E-state index in [-0.39, 0.29) is 4.90 Å². The maximum atomic E-state index is 12.6. The highest BCUT2D eigenvalue weighted by Gasteiger charge is 2.22. The minimum Gasteiger partial charge on any atom is -0.431 e. The number of sulfonamides is 1. The second kappa shape index (κ2) is 7.59. The first-order valence-electron chi connectivity index (χ1n) is 8.12. The quantitative estimate of drug-likeness (QED) is 0.580. The number of fused-ring (bicyclic) bond motifs is 1. The molecule has 1 aromatic heterocycles. The Hall–Kier alpha value is -1.83. The van der Waals surface area contributed by atoms with Crippen LogP contribution in [0.4, 0.5) is 0 Å². The molecule has 3 aromatic rings. The lowest BCUT2D eigenvalue weighted by atomic mass is 10.2. The standard InChI is InChI=1S/C18H20N2O3S2/c1-3-20(4-2)25(21,22)15-10-11-17-16(12-15)19-18(23-17)24-13-14-8-6-5-7-9-14/h5-12H,3-4,13H2,1-2H3. The summed E-state index contributed by atoms with van der Waals surface area (Å²) in [5.74, 6) is 0.748. The van der Waals surface area contributed by atoms with Gasteiger partial charge in [-0.25, -0.2) is 13.4 Å². The molecule has 0 aliphatic carbocycles. The molecule has 0 spiro atoms. The number of hydrogen-bond acceptors (Lipinski definition) is 5. The Labute approximate surface area is 152 Å². The molecule has 0 N–H and O–H groups in total. The van der Waals surface area contributed by atoms with Gasteiger partial charge in [0.15, 0.2) is 5.58 Å². The lowest BCUT2D eigenvalue weighted by Gasteiger charge is -2.18. The summed E-state index contributed by atoms with van der Waals surface area (Å²) in [7, 11) is -3.49. The summed E-state index contributed by atoms with van der Waals surface area (Å²) in [6.45, 7) is 4.53. The van der Waals surface area contributed by atoms with Crippen molar-refractivity contribution in [1.82, 2.24) is 9.29 Å². The molecule has 0 bridgehead atoms. The van der Waals surface area contributed by atoms with Gasteiger partial charge in [0.05, 0.1) is 4.90 Å². The third kappa shape index (κ3) is 3.89. The highest BCUT2D eigenvalue weighted by Crippen LogP contribution is 2.28. The summed E-state index contributed by atoms with van der Waals surface area (Å²) < 4.78 is 32.4. The molecular formula is C18H20N2O3S2. The van der Waals surface area contributed by atoms with Crippen LogP contribution >= 0.6 is 11.8 Å². The monoisotopic (exact) mass is 376 g/mol. The van der Waals surface area contributed by atoms with Gasteiger partial charge in [-0.1, -0.05) is 55.9 Å². The van der Waals surface area contributed by atoms with E-state index in [0.29, 0.717) is 29.4 Å². The molecule has 0 fully saturated rings. The van der Waals surface area contributed by atoms with Crippen molar-refractivity contribution in [3.63, 3.8) is 0 Å². The molecule has 0 radical (unpaired) electrons. The van der Waals surface area contributed by atoms with E-state index in [1.54, 1.807) is 18.2 Å². The van der Waals surface area contributed by atoms with Crippen LogP contribution in [0.2, 0.25) is 0 Å². The minimum atomic E-state index is -3.49. The van der Waals surface area contributed by atoms with Gasteiger partial charge in [-0.2, -0.15) is 4.31 Å². The lowest BCUT2D eigenvalue weighted by molar-refractivity contribution is 0.445. The molecule has 0 unspecified atom stereocenters. The van der Waals surface area contributed by atoms with Crippen molar-refractivity contribution in [2.75, 3.05) is 13.1 Å². The van der Waals surface area contributed by atoms with E-state index in [9.17, 15) is 8.42 Å². The normalized spacial score (nSPS) is 12.1. The fraction of sp³-hybridized carbons (Fsp3) is 0.278. The first kappa shape index (κ1) is 18.0. The number of rotatable bonds is 7. The molecule has 3 rings (SSSR count). The molecule has 0 aliphatic rings. The number of benzene rings is 2. The molecule has 0 atom stereocenters. The number of hydrogen-bond donors (Lipinski definition) is 0. The van der Waals surface area contributed by atoms with Crippen LogP contribution in [0, 0.1) is 0 Å². The van der Waals surface area contributed by atoms with Gasteiger partial charge in [0.1, 0.15) is 5.52 Å². The van der Waals surface area contributed by atoms with Crippen molar-refractivity contribution >= 4 is 32.9 Å². The van der Waals surface area contributed by atoms with Crippen LogP contribution in [0.3, 0.4) is 0 Å². The van der Waals surface area contributed by atoms with Gasteiger partial charge >= 0.3 is 0 Å². The van der Waals surface area contributed by atoms with Gasteiger partial charge in [-0.3, -0.25) is 0 Å². The average Bonchev–Trinajstić information content (AvgIpc) is 3.04. The second-order valence-corrected chi connectivity index (χ2v) is 8.34. The zero-order valence-corrected chi connectivity index (χ0v) is 15.8. The zero-order chi connectivity index (χ0) is 17.9. The van der Waals surface area contributed by atoms with Crippen molar-refractivity contribution in [3.8, 4) is 0 Å². The molecule has 7 heteroatoms. The van der Waals surface area contributed by atoms with Crippen molar-refractivity contribution < 1.29 is 12.8 Å². The summed E-state index contributed by atoms with van der Waals surface area (Å²) in [5, 5.41) is 0.538. The fourth-order valence-electron chi connectivity index (χ4n) is 2.54. The summed E-state index contributed by atoms with van der Waals surface area (Å²) in [6, 6.07) is 14.9. The third-order valence-corrected chi connectivity index (χ3v) is 6.83. The van der Waals surface area contributed by atoms with Crippen molar-refractivity contribution in [1.29, 1.82) is 0 Å². The SMILES string of the molecule is CCN(CC)S(=O)(=O)c1ccc2oc(SCc3ccccc3)nc2c1. The first-order chi connectivity index (χ1) is 12.0. The number of thioether (sulfide) groups is 1. The smallest absolute Gasteiger partial charge is 0.257 e. The number of oxazole rings is 1. The summed E-state index contributed by atoms with van der Waals surface area (Å²) in [4.78, 5) is 4.67. The van der Waals surface area contributed by atoms with Crippen LogP contribution in [0.25, 0.3) is 11.1 Å². The minimum absolute atomic E-state index is 0.247. The predicted octanol–water partition coefficient (Wildman–Crippen LogP) is 4.15. The Bertz CT molecular complexity index is 949. The molecule has 25 heavy (non-hydrogen) atoms. The van der Waals surface area contributed by atoms with Gasteiger partial charge in [0.25, 0.3) is 5.22 Å². The molecule has 0 saturated carbocycles. The van der Waals surface area contributed by atoms with E-state index in [0.717, 1.165) is 5.75 Å². The lowest BCUT2D eigenvalue weighted by Crippen LogP contribution is -2.30. The van der Waals surface area contributed by atoms with Crippen LogP contribution in [0.1, 0.15) is 19.4 Å². The highest BCUT2D eigenvalue weighted by molar-refractivity contribution is 7.98. The van der Waals surface area contributed by atoms with Gasteiger partial charge < -0.3 is 4.42 Å².